The first-order chi connectivity index (χ1) is 14.9. The van der Waals surface area contributed by atoms with Gasteiger partial charge in [0.1, 0.15) is 5.69 Å². The fraction of sp³-hybridized carbons (Fsp3) is 0.522. The third-order valence-electron chi connectivity index (χ3n) is 5.80. The van der Waals surface area contributed by atoms with Crippen molar-refractivity contribution in [1.82, 2.24) is 24.9 Å². The van der Waals surface area contributed by atoms with Crippen molar-refractivity contribution in [1.29, 1.82) is 0 Å². The number of hydrogen-bond donors (Lipinski definition) is 1. The topological polar surface area (TPSA) is 70.5 Å². The van der Waals surface area contributed by atoms with E-state index in [2.05, 4.69) is 29.2 Å². The molecule has 1 atom stereocenters. The van der Waals surface area contributed by atoms with Gasteiger partial charge in [-0.2, -0.15) is 5.10 Å². The van der Waals surface area contributed by atoms with Gasteiger partial charge in [-0.15, -0.1) is 0 Å². The molecule has 8 heteroatoms. The number of carbonyl (C=O) groups is 2. The minimum atomic E-state index is -0.234. The molecular formula is C23H32ClN5O2. The van der Waals surface area contributed by atoms with Crippen LogP contribution in [0.2, 0.25) is 5.02 Å². The van der Waals surface area contributed by atoms with E-state index in [4.69, 9.17) is 11.6 Å². The predicted molar refractivity (Wildman–Crippen MR) is 122 cm³/mol. The van der Waals surface area contributed by atoms with Crippen LogP contribution in [0.5, 0.6) is 0 Å². The van der Waals surface area contributed by atoms with Gasteiger partial charge >= 0.3 is 0 Å². The smallest absolute Gasteiger partial charge is 0.272 e. The average molecular weight is 446 g/mol. The molecule has 2 amide bonds. The first-order valence-electron chi connectivity index (χ1n) is 11.1. The largest absolute Gasteiger partial charge is 0.348 e. The number of hydrogen-bond acceptors (Lipinski definition) is 4. The summed E-state index contributed by atoms with van der Waals surface area (Å²) in [7, 11) is 0. The Balaban J connectivity index is 1.58. The fourth-order valence-electron chi connectivity index (χ4n) is 3.86. The molecule has 3 rings (SSSR count). The summed E-state index contributed by atoms with van der Waals surface area (Å²) in [4.78, 5) is 29.7. The van der Waals surface area contributed by atoms with Gasteiger partial charge in [-0.3, -0.25) is 14.3 Å². The third kappa shape index (κ3) is 5.86. The molecule has 0 spiro atoms. The predicted octanol–water partition coefficient (Wildman–Crippen LogP) is 3.43. The van der Waals surface area contributed by atoms with Gasteiger partial charge in [-0.1, -0.05) is 43.6 Å². The molecule has 0 bridgehead atoms. The zero-order chi connectivity index (χ0) is 22.4. The molecule has 1 aromatic heterocycles. The Morgan fingerprint density at radius 1 is 1.26 bits per heavy atom. The molecular weight excluding hydrogens is 414 g/mol. The maximum absolute atomic E-state index is 12.9. The van der Waals surface area contributed by atoms with Crippen molar-refractivity contribution in [3.05, 3.63) is 52.3 Å². The molecule has 0 saturated carbocycles. The number of amides is 2. The summed E-state index contributed by atoms with van der Waals surface area (Å²) in [6.45, 7) is 11.0. The maximum Gasteiger partial charge on any atom is 0.272 e. The molecule has 2 heterocycles. The highest BCUT2D eigenvalue weighted by Crippen LogP contribution is 2.21. The van der Waals surface area contributed by atoms with Crippen LogP contribution < -0.4 is 5.32 Å². The summed E-state index contributed by atoms with van der Waals surface area (Å²) in [6.07, 6.45) is 1.93. The number of nitrogens with zero attached hydrogens (tertiary/aromatic N) is 4. The lowest BCUT2D eigenvalue weighted by molar-refractivity contribution is 0.0683. The number of rotatable bonds is 10. The van der Waals surface area contributed by atoms with Crippen molar-refractivity contribution in [3.8, 4) is 0 Å². The average Bonchev–Trinajstić information content (AvgIpc) is 3.20. The van der Waals surface area contributed by atoms with Gasteiger partial charge in [0.2, 0.25) is 0 Å². The van der Waals surface area contributed by atoms with E-state index in [9.17, 15) is 9.59 Å². The monoisotopic (exact) mass is 445 g/mol. The Morgan fingerprint density at radius 2 is 2.00 bits per heavy atom. The van der Waals surface area contributed by atoms with E-state index in [1.165, 1.54) is 0 Å². The van der Waals surface area contributed by atoms with Crippen molar-refractivity contribution in [2.75, 3.05) is 26.2 Å². The molecule has 7 nitrogen and oxygen atoms in total. The third-order valence-corrected chi connectivity index (χ3v) is 6.17. The summed E-state index contributed by atoms with van der Waals surface area (Å²) in [5.41, 5.74) is 1.64. The van der Waals surface area contributed by atoms with Gasteiger partial charge < -0.3 is 15.1 Å². The standard InChI is InChI=1S/C23H32ClN5O2/c1-4-27(5-2)12-8-9-17(3)25-22(30)20-15-21-23(31)28(13-14-29(21)26-20)16-18-10-6-7-11-19(18)24/h6-7,10-11,15,17H,4-5,8-9,12-14,16H2,1-3H3,(H,25,30). The molecule has 1 unspecified atom stereocenters. The molecule has 0 radical (unpaired) electrons. The van der Waals surface area contributed by atoms with Crippen LogP contribution in [-0.4, -0.2) is 63.6 Å². The summed E-state index contributed by atoms with van der Waals surface area (Å²) in [6, 6.07) is 9.16. The van der Waals surface area contributed by atoms with E-state index in [1.54, 1.807) is 15.6 Å². The second kappa shape index (κ2) is 10.8. The van der Waals surface area contributed by atoms with Crippen LogP contribution >= 0.6 is 11.6 Å². The minimum absolute atomic E-state index is 0.0502. The Hall–Kier alpha value is -2.38. The van der Waals surface area contributed by atoms with Gasteiger partial charge in [-0.25, -0.2) is 0 Å². The Bertz CT molecular complexity index is 909. The second-order valence-electron chi connectivity index (χ2n) is 8.00. The zero-order valence-corrected chi connectivity index (χ0v) is 19.4. The van der Waals surface area contributed by atoms with Crippen molar-refractivity contribution >= 4 is 23.4 Å². The van der Waals surface area contributed by atoms with Gasteiger partial charge in [0, 0.05) is 30.2 Å². The van der Waals surface area contributed by atoms with E-state index >= 15 is 0 Å². The Kier molecular flexibility index (Phi) is 8.09. The number of halogens is 1. The number of aromatic nitrogens is 2. The molecule has 168 valence electrons. The normalized spacial score (nSPS) is 14.6. The molecule has 0 fully saturated rings. The summed E-state index contributed by atoms with van der Waals surface area (Å²) in [5.74, 6) is -0.368. The zero-order valence-electron chi connectivity index (χ0n) is 18.6. The molecule has 1 aliphatic rings. The highest BCUT2D eigenvalue weighted by molar-refractivity contribution is 6.31. The fourth-order valence-corrected chi connectivity index (χ4v) is 4.06. The van der Waals surface area contributed by atoms with E-state index < -0.39 is 0 Å². The van der Waals surface area contributed by atoms with Crippen LogP contribution in [0, 0.1) is 0 Å². The van der Waals surface area contributed by atoms with Gasteiger partial charge in [0.25, 0.3) is 11.8 Å². The molecule has 31 heavy (non-hydrogen) atoms. The van der Waals surface area contributed by atoms with Crippen molar-refractivity contribution in [2.24, 2.45) is 0 Å². The SMILES string of the molecule is CCN(CC)CCCC(C)NC(=O)c1cc2n(n1)CCN(Cc1ccccc1Cl)C2=O. The second-order valence-corrected chi connectivity index (χ2v) is 8.41. The molecule has 0 aliphatic carbocycles. The quantitative estimate of drug-likeness (QED) is 0.608. The molecule has 0 saturated heterocycles. The number of benzene rings is 1. The summed E-state index contributed by atoms with van der Waals surface area (Å²) >= 11 is 6.24. The lowest BCUT2D eigenvalue weighted by Gasteiger charge is -2.27. The Labute approximate surface area is 189 Å². The first kappa shape index (κ1) is 23.3. The van der Waals surface area contributed by atoms with Crippen LogP contribution in [0.25, 0.3) is 0 Å². The first-order valence-corrected chi connectivity index (χ1v) is 11.4. The van der Waals surface area contributed by atoms with Crippen LogP contribution in [0.3, 0.4) is 0 Å². The van der Waals surface area contributed by atoms with E-state index in [1.807, 2.05) is 31.2 Å². The van der Waals surface area contributed by atoms with Crippen LogP contribution in [0.4, 0.5) is 0 Å². The number of nitrogens with one attached hydrogen (secondary N) is 1. The van der Waals surface area contributed by atoms with E-state index in [-0.39, 0.29) is 17.9 Å². The molecule has 1 aromatic carbocycles. The summed E-state index contributed by atoms with van der Waals surface area (Å²) in [5, 5.41) is 8.03. The molecule has 2 aromatic rings. The maximum atomic E-state index is 12.9. The highest BCUT2D eigenvalue weighted by Gasteiger charge is 2.28. The van der Waals surface area contributed by atoms with Crippen molar-refractivity contribution < 1.29 is 9.59 Å². The van der Waals surface area contributed by atoms with E-state index in [0.29, 0.717) is 36.0 Å². The lowest BCUT2D eigenvalue weighted by Crippen LogP contribution is -2.39. The Morgan fingerprint density at radius 3 is 2.71 bits per heavy atom. The van der Waals surface area contributed by atoms with Crippen molar-refractivity contribution in [2.45, 2.75) is 52.7 Å². The number of carbonyl (C=O) groups excluding carboxylic acids is 2. The lowest BCUT2D eigenvalue weighted by atomic mass is 10.1. The van der Waals surface area contributed by atoms with Crippen molar-refractivity contribution in [3.63, 3.8) is 0 Å². The van der Waals surface area contributed by atoms with Gasteiger partial charge in [0.05, 0.1) is 6.54 Å². The van der Waals surface area contributed by atoms with Crippen LogP contribution in [-0.2, 0) is 13.1 Å². The van der Waals surface area contributed by atoms with Gasteiger partial charge in [0.15, 0.2) is 5.69 Å². The molecule has 1 N–H and O–H groups in total. The van der Waals surface area contributed by atoms with E-state index in [0.717, 1.165) is 38.0 Å². The van der Waals surface area contributed by atoms with Crippen LogP contribution in [0.1, 0.15) is 60.2 Å². The molecule has 1 aliphatic heterocycles. The number of fused-ring (bicyclic) bond motifs is 1. The van der Waals surface area contributed by atoms with Gasteiger partial charge in [-0.05, 0) is 51.0 Å². The summed E-state index contributed by atoms with van der Waals surface area (Å²) < 4.78 is 1.63. The minimum Gasteiger partial charge on any atom is -0.348 e. The highest BCUT2D eigenvalue weighted by atomic mass is 35.5. The van der Waals surface area contributed by atoms with Crippen LogP contribution in [0.15, 0.2) is 30.3 Å².